The zero-order valence-corrected chi connectivity index (χ0v) is 14.9. The molecule has 1 heterocycles. The SMILES string of the molecule is COc1ccc2c(c1)cc(C(=O)NC1(c3cccc(Cl)c3)CC1)n2C. The molecule has 1 aromatic heterocycles. The molecule has 3 aromatic rings. The van der Waals surface area contributed by atoms with Gasteiger partial charge in [0.05, 0.1) is 12.6 Å². The normalized spacial score (nSPS) is 15.2. The maximum absolute atomic E-state index is 12.9. The van der Waals surface area contributed by atoms with Gasteiger partial charge in [-0.1, -0.05) is 23.7 Å². The Labute approximate surface area is 151 Å². The van der Waals surface area contributed by atoms with E-state index < -0.39 is 0 Å². The Morgan fingerprint density at radius 1 is 1.20 bits per heavy atom. The van der Waals surface area contributed by atoms with Gasteiger partial charge in [0.25, 0.3) is 5.91 Å². The molecule has 2 aromatic carbocycles. The van der Waals surface area contributed by atoms with Crippen molar-refractivity contribution in [3.8, 4) is 5.75 Å². The third-order valence-electron chi connectivity index (χ3n) is 4.96. The van der Waals surface area contributed by atoms with Crippen LogP contribution in [0.4, 0.5) is 0 Å². The molecule has 4 rings (SSSR count). The number of methoxy groups -OCH3 is 1. The third kappa shape index (κ3) is 2.76. The number of aromatic nitrogens is 1. The van der Waals surface area contributed by atoms with Gasteiger partial charge in [0, 0.05) is 23.0 Å². The molecule has 128 valence electrons. The topological polar surface area (TPSA) is 43.3 Å². The van der Waals surface area contributed by atoms with E-state index in [1.54, 1.807) is 7.11 Å². The summed E-state index contributed by atoms with van der Waals surface area (Å²) in [6.07, 6.45) is 1.85. The first-order valence-electron chi connectivity index (χ1n) is 8.24. The molecule has 25 heavy (non-hydrogen) atoms. The quantitative estimate of drug-likeness (QED) is 0.760. The molecule has 1 fully saturated rings. The third-order valence-corrected chi connectivity index (χ3v) is 5.20. The minimum Gasteiger partial charge on any atom is -0.497 e. The van der Waals surface area contributed by atoms with Gasteiger partial charge in [-0.05, 0) is 54.8 Å². The molecule has 1 aliphatic rings. The van der Waals surface area contributed by atoms with Crippen LogP contribution in [0.3, 0.4) is 0 Å². The Morgan fingerprint density at radius 3 is 2.68 bits per heavy atom. The van der Waals surface area contributed by atoms with E-state index in [9.17, 15) is 4.79 Å². The van der Waals surface area contributed by atoms with Crippen LogP contribution in [0.15, 0.2) is 48.5 Å². The standard InChI is InChI=1S/C20H19ClN2O2/c1-23-17-7-6-16(25-2)10-13(17)11-18(23)19(24)22-20(8-9-20)14-4-3-5-15(21)12-14/h3-7,10-12H,8-9H2,1-2H3,(H,22,24). The predicted molar refractivity (Wildman–Crippen MR) is 99.3 cm³/mol. The summed E-state index contributed by atoms with van der Waals surface area (Å²) < 4.78 is 7.18. The largest absolute Gasteiger partial charge is 0.497 e. The van der Waals surface area contributed by atoms with Crippen molar-refractivity contribution in [2.24, 2.45) is 7.05 Å². The number of hydrogen-bond donors (Lipinski definition) is 1. The number of hydrogen-bond acceptors (Lipinski definition) is 2. The van der Waals surface area contributed by atoms with Crippen LogP contribution in [0.2, 0.25) is 5.02 Å². The lowest BCUT2D eigenvalue weighted by atomic mass is 10.0. The van der Waals surface area contributed by atoms with Crippen molar-refractivity contribution in [2.75, 3.05) is 7.11 Å². The van der Waals surface area contributed by atoms with Gasteiger partial charge in [-0.2, -0.15) is 0 Å². The van der Waals surface area contributed by atoms with E-state index >= 15 is 0 Å². The van der Waals surface area contributed by atoms with Gasteiger partial charge in [0.15, 0.2) is 0 Å². The Hall–Kier alpha value is -2.46. The lowest BCUT2D eigenvalue weighted by Gasteiger charge is -2.18. The fourth-order valence-electron chi connectivity index (χ4n) is 3.35. The van der Waals surface area contributed by atoms with Gasteiger partial charge in [0.2, 0.25) is 0 Å². The van der Waals surface area contributed by atoms with Crippen molar-refractivity contribution in [3.05, 3.63) is 64.8 Å². The maximum Gasteiger partial charge on any atom is 0.268 e. The molecule has 1 saturated carbocycles. The molecule has 0 aliphatic heterocycles. The predicted octanol–water partition coefficient (Wildman–Crippen LogP) is 4.26. The number of ether oxygens (including phenoxy) is 1. The molecular formula is C20H19ClN2O2. The molecule has 1 amide bonds. The Balaban J connectivity index is 1.65. The number of nitrogens with zero attached hydrogens (tertiary/aromatic N) is 1. The monoisotopic (exact) mass is 354 g/mol. The van der Waals surface area contributed by atoms with Crippen molar-refractivity contribution in [1.29, 1.82) is 0 Å². The van der Waals surface area contributed by atoms with Crippen LogP contribution in [0.5, 0.6) is 5.75 Å². The van der Waals surface area contributed by atoms with Crippen LogP contribution in [0.25, 0.3) is 10.9 Å². The van der Waals surface area contributed by atoms with E-state index in [2.05, 4.69) is 5.32 Å². The maximum atomic E-state index is 12.9. The minimum absolute atomic E-state index is 0.0739. The van der Waals surface area contributed by atoms with E-state index in [-0.39, 0.29) is 11.4 Å². The van der Waals surface area contributed by atoms with E-state index in [1.165, 1.54) is 0 Å². The Bertz CT molecular complexity index is 973. The zero-order valence-electron chi connectivity index (χ0n) is 14.2. The van der Waals surface area contributed by atoms with Gasteiger partial charge in [0.1, 0.15) is 11.4 Å². The fraction of sp³-hybridized carbons (Fsp3) is 0.250. The van der Waals surface area contributed by atoms with Crippen molar-refractivity contribution < 1.29 is 9.53 Å². The lowest BCUT2D eigenvalue weighted by molar-refractivity contribution is 0.0923. The van der Waals surface area contributed by atoms with Crippen molar-refractivity contribution in [1.82, 2.24) is 9.88 Å². The number of aryl methyl sites for hydroxylation is 1. The van der Waals surface area contributed by atoms with Gasteiger partial charge in [-0.15, -0.1) is 0 Å². The summed E-state index contributed by atoms with van der Waals surface area (Å²) in [6.45, 7) is 0. The summed E-state index contributed by atoms with van der Waals surface area (Å²) in [5.41, 5.74) is 2.40. The smallest absolute Gasteiger partial charge is 0.268 e. The highest BCUT2D eigenvalue weighted by Gasteiger charge is 2.46. The molecule has 5 heteroatoms. The number of fused-ring (bicyclic) bond motifs is 1. The van der Waals surface area contributed by atoms with Crippen LogP contribution in [-0.4, -0.2) is 17.6 Å². The summed E-state index contributed by atoms with van der Waals surface area (Å²) in [7, 11) is 3.54. The van der Waals surface area contributed by atoms with Crippen molar-refractivity contribution in [2.45, 2.75) is 18.4 Å². The van der Waals surface area contributed by atoms with E-state index in [0.717, 1.165) is 35.1 Å². The molecule has 0 radical (unpaired) electrons. The molecule has 0 atom stereocenters. The first kappa shape index (κ1) is 16.0. The number of amides is 1. The van der Waals surface area contributed by atoms with Gasteiger partial charge >= 0.3 is 0 Å². The first-order valence-corrected chi connectivity index (χ1v) is 8.62. The number of benzene rings is 2. The number of rotatable bonds is 4. The van der Waals surface area contributed by atoms with Gasteiger partial charge < -0.3 is 14.6 Å². The Morgan fingerprint density at radius 2 is 2.00 bits per heavy atom. The summed E-state index contributed by atoms with van der Waals surface area (Å²) in [5, 5.41) is 4.88. The highest BCUT2D eigenvalue weighted by Crippen LogP contribution is 2.46. The molecular weight excluding hydrogens is 336 g/mol. The summed E-state index contributed by atoms with van der Waals surface area (Å²) in [5.74, 6) is 0.706. The average Bonchev–Trinajstić information content (AvgIpc) is 3.32. The van der Waals surface area contributed by atoms with Crippen LogP contribution < -0.4 is 10.1 Å². The number of halogens is 1. The molecule has 4 nitrogen and oxygen atoms in total. The summed E-state index contributed by atoms with van der Waals surface area (Å²) in [6, 6.07) is 15.4. The van der Waals surface area contributed by atoms with E-state index in [1.807, 2.05) is 60.1 Å². The minimum atomic E-state index is -0.296. The number of carbonyl (C=O) groups is 1. The molecule has 0 bridgehead atoms. The fourth-order valence-corrected chi connectivity index (χ4v) is 3.54. The van der Waals surface area contributed by atoms with E-state index in [0.29, 0.717) is 10.7 Å². The number of carbonyl (C=O) groups excluding carboxylic acids is 1. The van der Waals surface area contributed by atoms with Crippen molar-refractivity contribution in [3.63, 3.8) is 0 Å². The first-order chi connectivity index (χ1) is 12.0. The van der Waals surface area contributed by atoms with Crippen LogP contribution in [0.1, 0.15) is 28.9 Å². The van der Waals surface area contributed by atoms with Gasteiger partial charge in [-0.3, -0.25) is 4.79 Å². The van der Waals surface area contributed by atoms with Crippen LogP contribution >= 0.6 is 11.6 Å². The van der Waals surface area contributed by atoms with Crippen molar-refractivity contribution >= 4 is 28.4 Å². The zero-order chi connectivity index (χ0) is 17.6. The highest BCUT2D eigenvalue weighted by molar-refractivity contribution is 6.30. The second-order valence-corrected chi connectivity index (χ2v) is 7.00. The van der Waals surface area contributed by atoms with Gasteiger partial charge in [-0.25, -0.2) is 0 Å². The highest BCUT2D eigenvalue weighted by atomic mass is 35.5. The lowest BCUT2D eigenvalue weighted by Crippen LogP contribution is -2.35. The molecule has 0 saturated heterocycles. The summed E-state index contributed by atoms with van der Waals surface area (Å²) >= 11 is 6.11. The van der Waals surface area contributed by atoms with E-state index in [4.69, 9.17) is 16.3 Å². The molecule has 1 aliphatic carbocycles. The number of nitrogens with one attached hydrogen (secondary N) is 1. The Kier molecular flexibility index (Phi) is 3.73. The average molecular weight is 355 g/mol. The molecule has 0 spiro atoms. The van der Waals surface area contributed by atoms with Crippen LogP contribution in [0, 0.1) is 0 Å². The second kappa shape index (κ2) is 5.81. The van der Waals surface area contributed by atoms with Crippen LogP contribution in [-0.2, 0) is 12.6 Å². The molecule has 0 unspecified atom stereocenters. The summed E-state index contributed by atoms with van der Waals surface area (Å²) in [4.78, 5) is 12.9. The molecule has 1 N–H and O–H groups in total. The second-order valence-electron chi connectivity index (χ2n) is 6.56.